The quantitative estimate of drug-likeness (QED) is 0.618. The molecular formula is C24H29F2N3O4. The van der Waals surface area contributed by atoms with Gasteiger partial charge in [-0.1, -0.05) is 18.2 Å². The number of rotatable bonds is 5. The molecule has 1 saturated heterocycles. The number of nitrogens with zero attached hydrogens (tertiary/aromatic N) is 1. The molecule has 0 spiro atoms. The van der Waals surface area contributed by atoms with E-state index < -0.39 is 46.5 Å². The lowest BCUT2D eigenvalue weighted by Crippen LogP contribution is -2.70. The van der Waals surface area contributed by atoms with Crippen LogP contribution < -0.4 is 11.1 Å². The molecule has 4 N–H and O–H groups in total. The van der Waals surface area contributed by atoms with Crippen LogP contribution in [0.5, 0.6) is 0 Å². The molecule has 0 aromatic heterocycles. The van der Waals surface area contributed by atoms with Crippen molar-refractivity contribution < 1.29 is 28.3 Å². The molecule has 4 atom stereocenters. The van der Waals surface area contributed by atoms with Gasteiger partial charge < -0.3 is 16.2 Å². The van der Waals surface area contributed by atoms with E-state index >= 15 is 0 Å². The van der Waals surface area contributed by atoms with Crippen LogP contribution in [0.25, 0.3) is 0 Å². The number of amides is 2. The third kappa shape index (κ3) is 4.53. The third-order valence-corrected chi connectivity index (χ3v) is 6.57. The maximum absolute atomic E-state index is 13.8. The zero-order chi connectivity index (χ0) is 24.4. The Morgan fingerprint density at radius 2 is 1.82 bits per heavy atom. The van der Waals surface area contributed by atoms with Gasteiger partial charge in [0.25, 0.3) is 5.91 Å². The van der Waals surface area contributed by atoms with E-state index in [1.807, 2.05) is 0 Å². The summed E-state index contributed by atoms with van der Waals surface area (Å²) < 4.78 is 27.6. The van der Waals surface area contributed by atoms with Crippen molar-refractivity contribution in [3.8, 4) is 0 Å². The highest BCUT2D eigenvalue weighted by Gasteiger charge is 2.58. The summed E-state index contributed by atoms with van der Waals surface area (Å²) in [5.74, 6) is -4.15. The van der Waals surface area contributed by atoms with Crippen LogP contribution >= 0.6 is 0 Å². The zero-order valence-electron chi connectivity index (χ0n) is 18.7. The molecule has 33 heavy (non-hydrogen) atoms. The summed E-state index contributed by atoms with van der Waals surface area (Å²) in [5, 5.41) is 14.1. The van der Waals surface area contributed by atoms with Crippen LogP contribution in [0, 0.1) is 17.0 Å². The molecule has 1 heterocycles. The highest BCUT2D eigenvalue weighted by Crippen LogP contribution is 2.46. The number of nitrogens with two attached hydrogens (primary N) is 1. The Kier molecular flexibility index (Phi) is 7.26. The fourth-order valence-electron chi connectivity index (χ4n) is 4.68. The molecule has 1 fully saturated rings. The molecule has 3 rings (SSSR count). The summed E-state index contributed by atoms with van der Waals surface area (Å²) in [6, 6.07) is 1.14. The van der Waals surface area contributed by atoms with E-state index in [0.717, 1.165) is 23.5 Å². The van der Waals surface area contributed by atoms with Crippen LogP contribution in [0.4, 0.5) is 8.78 Å². The van der Waals surface area contributed by atoms with Gasteiger partial charge in [0, 0.05) is 12.6 Å². The summed E-state index contributed by atoms with van der Waals surface area (Å²) in [5.41, 5.74) is 2.83. The smallest absolute Gasteiger partial charge is 0.263 e. The molecule has 0 bridgehead atoms. The van der Waals surface area contributed by atoms with E-state index in [9.17, 15) is 28.3 Å². The lowest BCUT2D eigenvalue weighted by Gasteiger charge is -2.52. The average Bonchev–Trinajstić information content (AvgIpc) is 3.02. The van der Waals surface area contributed by atoms with Gasteiger partial charge in [-0.15, -0.1) is 0 Å². The summed E-state index contributed by atoms with van der Waals surface area (Å²) in [7, 11) is 0. The average molecular weight is 462 g/mol. The first kappa shape index (κ1) is 24.9. The lowest BCUT2D eigenvalue weighted by atomic mass is 9.63. The molecule has 7 nitrogen and oxygen atoms in total. The van der Waals surface area contributed by atoms with Gasteiger partial charge in [0.1, 0.15) is 11.6 Å². The van der Waals surface area contributed by atoms with Crippen molar-refractivity contribution >= 4 is 17.6 Å². The van der Waals surface area contributed by atoms with Gasteiger partial charge in [0.05, 0.1) is 17.0 Å². The SMILES string of the molecule is C[C@H](N)C(=O)N(C(=O)[C@H](O)c1cc(F)cc(F)c1)[C@]1(C2(C)C=CC=CC2=O)CCCCNC1. The number of nitrogens with one attached hydrogen (secondary N) is 1. The van der Waals surface area contributed by atoms with Crippen LogP contribution in [0.2, 0.25) is 0 Å². The fourth-order valence-corrected chi connectivity index (χ4v) is 4.68. The second kappa shape index (κ2) is 9.62. The van der Waals surface area contributed by atoms with Gasteiger partial charge in [-0.25, -0.2) is 8.78 Å². The molecule has 178 valence electrons. The second-order valence-corrected chi connectivity index (χ2v) is 8.86. The van der Waals surface area contributed by atoms with Crippen LogP contribution in [0.1, 0.15) is 44.8 Å². The molecule has 1 aromatic carbocycles. The van der Waals surface area contributed by atoms with E-state index in [1.165, 1.54) is 13.0 Å². The molecule has 1 unspecified atom stereocenters. The van der Waals surface area contributed by atoms with Crippen LogP contribution in [-0.2, 0) is 14.4 Å². The molecular weight excluding hydrogens is 432 g/mol. The van der Waals surface area contributed by atoms with Gasteiger partial charge in [0.2, 0.25) is 5.91 Å². The number of aliphatic hydroxyl groups excluding tert-OH is 1. The number of carbonyl (C=O) groups excluding carboxylic acids is 3. The van der Waals surface area contributed by atoms with Crippen LogP contribution in [0.3, 0.4) is 0 Å². The predicted octanol–water partition coefficient (Wildman–Crippen LogP) is 1.91. The summed E-state index contributed by atoms with van der Waals surface area (Å²) in [4.78, 5) is 41.1. The van der Waals surface area contributed by atoms with E-state index in [-0.39, 0.29) is 24.3 Å². The van der Waals surface area contributed by atoms with Crippen molar-refractivity contribution in [1.29, 1.82) is 0 Å². The largest absolute Gasteiger partial charge is 0.378 e. The summed E-state index contributed by atoms with van der Waals surface area (Å²) in [6.07, 6.45) is 5.84. The van der Waals surface area contributed by atoms with Crippen molar-refractivity contribution in [3.63, 3.8) is 0 Å². The van der Waals surface area contributed by atoms with Crippen molar-refractivity contribution in [2.45, 2.75) is 50.8 Å². The topological polar surface area (TPSA) is 113 Å². The maximum Gasteiger partial charge on any atom is 0.263 e. The monoisotopic (exact) mass is 461 g/mol. The number of ketones is 1. The molecule has 1 aliphatic carbocycles. The number of allylic oxidation sites excluding steroid dienone is 3. The van der Waals surface area contributed by atoms with Crippen molar-refractivity contribution in [2.24, 2.45) is 11.1 Å². The number of aliphatic hydroxyl groups is 1. The van der Waals surface area contributed by atoms with Gasteiger partial charge in [-0.3, -0.25) is 19.3 Å². The lowest BCUT2D eigenvalue weighted by molar-refractivity contribution is -0.166. The van der Waals surface area contributed by atoms with Gasteiger partial charge in [-0.05, 0) is 63.4 Å². The Bertz CT molecular complexity index is 979. The number of carbonyl (C=O) groups is 3. The number of hydrogen-bond donors (Lipinski definition) is 3. The van der Waals surface area contributed by atoms with Gasteiger partial charge >= 0.3 is 0 Å². The highest BCUT2D eigenvalue weighted by molar-refractivity contribution is 6.04. The minimum atomic E-state index is -2.04. The third-order valence-electron chi connectivity index (χ3n) is 6.57. The molecule has 1 aliphatic heterocycles. The van der Waals surface area contributed by atoms with E-state index in [1.54, 1.807) is 25.2 Å². The number of imide groups is 1. The Balaban J connectivity index is 2.19. The maximum atomic E-state index is 13.8. The standard InChI is InChI=1S/C24H29F2N3O4/c1-15(27)21(32)29(22(33)20(31)16-11-17(25)13-18(26)12-16)24(9-5-6-10-28-14-24)23(2)8-4-3-7-19(23)30/h3-4,7-8,11-13,15,20,28,31H,5-6,9-10,14,27H2,1-2H3/t15-,20+,23?,24+/m0/s1. The normalized spacial score (nSPS) is 27.0. The van der Waals surface area contributed by atoms with Crippen LogP contribution in [-0.4, -0.2) is 52.3 Å². The Morgan fingerprint density at radius 3 is 2.42 bits per heavy atom. The number of halogens is 2. The van der Waals surface area contributed by atoms with Crippen molar-refractivity contribution in [3.05, 3.63) is 59.7 Å². The Hall–Kier alpha value is -2.75. The summed E-state index contributed by atoms with van der Waals surface area (Å²) >= 11 is 0. The minimum Gasteiger partial charge on any atom is -0.378 e. The van der Waals surface area contributed by atoms with Gasteiger partial charge in [-0.2, -0.15) is 0 Å². The Morgan fingerprint density at radius 1 is 1.15 bits per heavy atom. The molecule has 2 aliphatic rings. The molecule has 9 heteroatoms. The van der Waals surface area contributed by atoms with E-state index in [4.69, 9.17) is 5.73 Å². The Labute approximate surface area is 191 Å². The molecule has 2 amide bonds. The second-order valence-electron chi connectivity index (χ2n) is 8.86. The molecule has 0 radical (unpaired) electrons. The number of benzene rings is 1. The highest BCUT2D eigenvalue weighted by atomic mass is 19.1. The zero-order valence-corrected chi connectivity index (χ0v) is 18.7. The number of hydrogen-bond acceptors (Lipinski definition) is 6. The van der Waals surface area contributed by atoms with Crippen molar-refractivity contribution in [2.75, 3.05) is 13.1 Å². The van der Waals surface area contributed by atoms with E-state index in [0.29, 0.717) is 19.0 Å². The first-order chi connectivity index (χ1) is 15.5. The van der Waals surface area contributed by atoms with E-state index in [2.05, 4.69) is 5.32 Å². The predicted molar refractivity (Wildman–Crippen MR) is 118 cm³/mol. The fraction of sp³-hybridized carbons (Fsp3) is 0.458. The first-order valence-corrected chi connectivity index (χ1v) is 10.9. The van der Waals surface area contributed by atoms with Gasteiger partial charge in [0.15, 0.2) is 11.9 Å². The molecule has 0 saturated carbocycles. The van der Waals surface area contributed by atoms with Crippen LogP contribution in [0.15, 0.2) is 42.5 Å². The summed E-state index contributed by atoms with van der Waals surface area (Å²) in [6.45, 7) is 3.74. The van der Waals surface area contributed by atoms with Crippen molar-refractivity contribution in [1.82, 2.24) is 10.2 Å². The molecule has 1 aromatic rings. The first-order valence-electron chi connectivity index (χ1n) is 10.9. The minimum absolute atomic E-state index is 0.0852.